The van der Waals surface area contributed by atoms with Gasteiger partial charge in [0.2, 0.25) is 11.6 Å². The highest BCUT2D eigenvalue weighted by molar-refractivity contribution is 6.48. The van der Waals surface area contributed by atoms with E-state index in [-0.39, 0.29) is 0 Å². The topological polar surface area (TPSA) is 72.1 Å². The molecule has 4 nitrogen and oxygen atoms in total. The van der Waals surface area contributed by atoms with Crippen LogP contribution in [0.15, 0.2) is 47.6 Å². The Morgan fingerprint density at radius 3 is 2.19 bits per heavy atom. The Labute approximate surface area is 91.8 Å². The molecule has 0 saturated carbocycles. The van der Waals surface area contributed by atoms with Crippen LogP contribution < -0.4 is 5.53 Å². The molecule has 0 unspecified atom stereocenters. The molecule has 16 heavy (non-hydrogen) atoms. The first-order valence-electron chi connectivity index (χ1n) is 4.70. The zero-order chi connectivity index (χ0) is 11.5. The Kier molecular flexibility index (Phi) is 2.55. The molecule has 1 aliphatic rings. The Hall–Kier alpha value is -2.36. The Morgan fingerprint density at radius 2 is 1.62 bits per heavy atom. The molecular formula is C12H9N2O2+. The molecule has 0 bridgehead atoms. The van der Waals surface area contributed by atoms with Gasteiger partial charge in [-0.25, -0.2) is 0 Å². The first-order valence-corrected chi connectivity index (χ1v) is 4.70. The fourth-order valence-electron chi connectivity index (χ4n) is 1.43. The summed E-state index contributed by atoms with van der Waals surface area (Å²) in [4.78, 5) is 22.1. The summed E-state index contributed by atoms with van der Waals surface area (Å²) in [6.07, 6.45) is 4.23. The molecule has 0 saturated heterocycles. The molecule has 0 aromatic heterocycles. The molecule has 0 atom stereocenters. The maximum atomic E-state index is 11.2. The first kappa shape index (κ1) is 10.2. The smallest absolute Gasteiger partial charge is 0.226 e. The summed E-state index contributed by atoms with van der Waals surface area (Å²) in [5.41, 5.74) is 7.34. The van der Waals surface area contributed by atoms with Crippen molar-refractivity contribution in [3.63, 3.8) is 0 Å². The summed E-state index contributed by atoms with van der Waals surface area (Å²) in [6, 6.07) is 7.08. The van der Waals surface area contributed by atoms with Crippen LogP contribution in [0.2, 0.25) is 0 Å². The molecule has 2 N–H and O–H groups in total. The van der Waals surface area contributed by atoms with Gasteiger partial charge in [0.05, 0.1) is 0 Å². The highest BCUT2D eigenvalue weighted by atomic mass is 16.2. The minimum Gasteiger partial charge on any atom is -0.286 e. The number of benzene rings is 1. The predicted molar refractivity (Wildman–Crippen MR) is 57.6 cm³/mol. The van der Waals surface area contributed by atoms with Crippen LogP contribution in [-0.2, 0) is 9.59 Å². The number of carbonyl (C=O) groups is 2. The van der Waals surface area contributed by atoms with E-state index in [1.54, 1.807) is 30.3 Å². The maximum absolute atomic E-state index is 11.2. The zero-order valence-electron chi connectivity index (χ0n) is 8.38. The molecule has 0 radical (unpaired) electrons. The van der Waals surface area contributed by atoms with Crippen LogP contribution in [-0.4, -0.2) is 11.6 Å². The molecule has 1 aromatic rings. The van der Waals surface area contributed by atoms with Crippen molar-refractivity contribution in [1.82, 2.24) is 0 Å². The first-order chi connectivity index (χ1) is 7.70. The van der Waals surface area contributed by atoms with Crippen LogP contribution >= 0.6 is 0 Å². The van der Waals surface area contributed by atoms with E-state index in [0.29, 0.717) is 11.3 Å². The maximum Gasteiger partial charge on any atom is 0.226 e. The van der Waals surface area contributed by atoms with Gasteiger partial charge in [0.1, 0.15) is 5.69 Å². The van der Waals surface area contributed by atoms with E-state index in [1.165, 1.54) is 12.2 Å². The fraction of sp³-hybridized carbons (Fsp3) is 0. The van der Waals surface area contributed by atoms with Crippen LogP contribution in [0.5, 0.6) is 0 Å². The summed E-state index contributed by atoms with van der Waals surface area (Å²) in [5.74, 6) is -0.984. The second-order valence-electron chi connectivity index (χ2n) is 3.34. The Balaban J connectivity index is 2.35. The van der Waals surface area contributed by atoms with Gasteiger partial charge in [0.25, 0.3) is 0 Å². The fourth-order valence-corrected chi connectivity index (χ4v) is 1.43. The van der Waals surface area contributed by atoms with E-state index in [4.69, 9.17) is 5.53 Å². The third-order valence-corrected chi connectivity index (χ3v) is 2.29. The molecular weight excluding hydrogens is 204 g/mol. The summed E-state index contributed by atoms with van der Waals surface area (Å²) < 4.78 is 0. The zero-order valence-corrected chi connectivity index (χ0v) is 8.38. The van der Waals surface area contributed by atoms with E-state index in [9.17, 15) is 9.59 Å². The quantitative estimate of drug-likeness (QED) is 0.444. The predicted octanol–water partition coefficient (Wildman–Crippen LogP) is 0.621. The molecule has 0 fully saturated rings. The van der Waals surface area contributed by atoms with Crippen molar-refractivity contribution in [2.75, 3.05) is 0 Å². The van der Waals surface area contributed by atoms with Crippen LogP contribution in [0.25, 0.3) is 5.57 Å². The normalized spacial score (nSPS) is 14.9. The number of allylic oxidation sites excluding steroid dienone is 4. The average Bonchev–Trinajstić information content (AvgIpc) is 2.33. The van der Waals surface area contributed by atoms with Crippen molar-refractivity contribution in [2.24, 2.45) is 5.11 Å². The lowest BCUT2D eigenvalue weighted by molar-refractivity contribution is -0.210. The van der Waals surface area contributed by atoms with E-state index in [2.05, 4.69) is 5.11 Å². The lowest BCUT2D eigenvalue weighted by Gasteiger charge is -2.05. The minimum absolute atomic E-state index is 0.489. The molecule has 1 aliphatic carbocycles. The van der Waals surface area contributed by atoms with E-state index < -0.39 is 11.6 Å². The second-order valence-corrected chi connectivity index (χ2v) is 3.34. The van der Waals surface area contributed by atoms with E-state index >= 15 is 0 Å². The highest BCUT2D eigenvalue weighted by Crippen LogP contribution is 2.21. The third kappa shape index (κ3) is 1.86. The van der Waals surface area contributed by atoms with Gasteiger partial charge in [-0.1, -0.05) is 18.2 Å². The summed E-state index contributed by atoms with van der Waals surface area (Å²) in [6.45, 7) is 0. The van der Waals surface area contributed by atoms with Crippen molar-refractivity contribution < 1.29 is 15.1 Å². The van der Waals surface area contributed by atoms with Crippen molar-refractivity contribution in [2.45, 2.75) is 0 Å². The third-order valence-electron chi connectivity index (χ3n) is 2.29. The summed E-state index contributed by atoms with van der Waals surface area (Å²) in [5, 5.41) is 3.53. The second kappa shape index (κ2) is 4.02. The van der Waals surface area contributed by atoms with Gasteiger partial charge in [-0.3, -0.25) is 9.59 Å². The van der Waals surface area contributed by atoms with Gasteiger partial charge in [-0.15, -0.1) is 0 Å². The highest BCUT2D eigenvalue weighted by Gasteiger charge is 2.13. The SMILES string of the molecule is [NH2+]=Nc1ccc(C2=CC(=O)C(=O)C=C2)cc1. The molecule has 0 amide bonds. The molecule has 0 spiro atoms. The number of carbonyl (C=O) groups excluding carboxylic acids is 2. The largest absolute Gasteiger partial charge is 0.286 e. The van der Waals surface area contributed by atoms with Crippen molar-refractivity contribution >= 4 is 22.8 Å². The number of hydrogen-bond acceptors (Lipinski definition) is 3. The molecule has 0 aliphatic heterocycles. The summed E-state index contributed by atoms with van der Waals surface area (Å²) >= 11 is 0. The number of nitrogens with two attached hydrogens (primary N) is 1. The minimum atomic E-state index is -0.495. The van der Waals surface area contributed by atoms with E-state index in [0.717, 1.165) is 5.56 Å². The molecule has 78 valence electrons. The van der Waals surface area contributed by atoms with Gasteiger partial charge in [0, 0.05) is 0 Å². The molecule has 0 heterocycles. The van der Waals surface area contributed by atoms with Crippen molar-refractivity contribution in [3.05, 3.63) is 48.1 Å². The van der Waals surface area contributed by atoms with Crippen molar-refractivity contribution in [3.8, 4) is 0 Å². The molecule has 2 rings (SSSR count). The number of ketones is 2. The monoisotopic (exact) mass is 213 g/mol. The van der Waals surface area contributed by atoms with Gasteiger partial charge < -0.3 is 0 Å². The number of rotatable bonds is 2. The van der Waals surface area contributed by atoms with Gasteiger partial charge in [-0.05, 0) is 40.5 Å². The Morgan fingerprint density at radius 1 is 0.938 bits per heavy atom. The lowest BCUT2D eigenvalue weighted by atomic mass is 9.98. The average molecular weight is 213 g/mol. The summed E-state index contributed by atoms with van der Waals surface area (Å²) in [7, 11) is 0. The van der Waals surface area contributed by atoms with Gasteiger partial charge in [0.15, 0.2) is 0 Å². The molecule has 4 heteroatoms. The van der Waals surface area contributed by atoms with Crippen LogP contribution in [0.4, 0.5) is 5.69 Å². The number of hydrogen-bond donors (Lipinski definition) is 1. The van der Waals surface area contributed by atoms with Gasteiger partial charge in [-0.2, -0.15) is 5.53 Å². The van der Waals surface area contributed by atoms with Crippen LogP contribution in [0, 0.1) is 0 Å². The number of nitrogens with zero attached hydrogens (tertiary/aromatic N) is 1. The van der Waals surface area contributed by atoms with Crippen molar-refractivity contribution in [1.29, 1.82) is 0 Å². The lowest BCUT2D eigenvalue weighted by Crippen LogP contribution is -2.21. The van der Waals surface area contributed by atoms with Gasteiger partial charge >= 0.3 is 0 Å². The van der Waals surface area contributed by atoms with E-state index in [1.807, 2.05) is 0 Å². The van der Waals surface area contributed by atoms with Crippen LogP contribution in [0.3, 0.4) is 0 Å². The Bertz CT molecular complexity index is 524. The standard InChI is InChI=1S/C12H8N2O2/c13-14-10-4-1-8(2-5-10)9-3-6-11(15)12(16)7-9/h1-7,13H/p+1. The van der Waals surface area contributed by atoms with Crippen LogP contribution in [0.1, 0.15) is 5.56 Å². The molecule has 1 aromatic carbocycles.